The van der Waals surface area contributed by atoms with Crippen molar-refractivity contribution in [2.75, 3.05) is 5.32 Å². The van der Waals surface area contributed by atoms with Gasteiger partial charge in [-0.2, -0.15) is 0 Å². The van der Waals surface area contributed by atoms with E-state index in [1.165, 1.54) is 11.6 Å². The maximum atomic E-state index is 11.7. The number of halogens is 1. The third-order valence-corrected chi connectivity index (χ3v) is 3.54. The summed E-state index contributed by atoms with van der Waals surface area (Å²) in [5, 5.41) is 2.80. The van der Waals surface area contributed by atoms with Crippen LogP contribution in [-0.4, -0.2) is 5.91 Å². The van der Waals surface area contributed by atoms with Gasteiger partial charge in [0.05, 0.1) is 6.26 Å². The van der Waals surface area contributed by atoms with Crippen LogP contribution in [0.3, 0.4) is 0 Å². The third kappa shape index (κ3) is 3.46. The minimum absolute atomic E-state index is 0.175. The van der Waals surface area contributed by atoms with E-state index in [2.05, 4.69) is 27.9 Å². The molecule has 0 aliphatic heterocycles. The van der Waals surface area contributed by atoms with E-state index < -0.39 is 0 Å². The summed E-state index contributed by atoms with van der Waals surface area (Å²) in [5.74, 6) is 0.481. The van der Waals surface area contributed by atoms with E-state index in [4.69, 9.17) is 4.42 Å². The number of anilines is 1. The van der Waals surface area contributed by atoms with Crippen LogP contribution in [0.25, 0.3) is 6.08 Å². The van der Waals surface area contributed by atoms with Crippen molar-refractivity contribution in [2.45, 2.75) is 6.92 Å². The molecule has 1 amide bonds. The number of benzene rings is 1. The minimum Gasteiger partial charge on any atom is -0.465 e. The Bertz CT molecular complexity index is 573. The molecule has 0 atom stereocenters. The lowest BCUT2D eigenvalue weighted by molar-refractivity contribution is -0.111. The molecule has 0 aliphatic rings. The molecule has 0 radical (unpaired) electrons. The van der Waals surface area contributed by atoms with Crippen LogP contribution in [0.2, 0.25) is 0 Å². The molecule has 0 saturated heterocycles. The van der Waals surface area contributed by atoms with Gasteiger partial charge in [0.25, 0.3) is 0 Å². The zero-order valence-corrected chi connectivity index (χ0v) is 12.0. The molecule has 18 heavy (non-hydrogen) atoms. The monoisotopic (exact) mass is 353 g/mol. The molecule has 0 spiro atoms. The molecule has 2 rings (SSSR count). The fraction of sp³-hybridized carbons (Fsp3) is 0.0714. The average Bonchev–Trinajstić information content (AvgIpc) is 2.84. The first-order valence-corrected chi connectivity index (χ1v) is 6.52. The van der Waals surface area contributed by atoms with Crippen molar-refractivity contribution in [1.82, 2.24) is 0 Å². The fourth-order valence-corrected chi connectivity index (χ4v) is 1.91. The molecule has 1 heterocycles. The van der Waals surface area contributed by atoms with Gasteiger partial charge in [-0.15, -0.1) is 0 Å². The molecule has 1 aromatic heterocycles. The van der Waals surface area contributed by atoms with Crippen molar-refractivity contribution in [3.63, 3.8) is 0 Å². The molecular formula is C14H12INO2. The maximum absolute atomic E-state index is 11.7. The van der Waals surface area contributed by atoms with Crippen molar-refractivity contribution in [2.24, 2.45) is 0 Å². The predicted molar refractivity (Wildman–Crippen MR) is 80.3 cm³/mol. The quantitative estimate of drug-likeness (QED) is 0.673. The average molecular weight is 353 g/mol. The molecule has 3 nitrogen and oxygen atoms in total. The lowest BCUT2D eigenvalue weighted by Gasteiger charge is -2.04. The second-order valence-corrected chi connectivity index (χ2v) is 4.96. The van der Waals surface area contributed by atoms with E-state index in [0.29, 0.717) is 5.76 Å². The zero-order chi connectivity index (χ0) is 13.0. The summed E-state index contributed by atoms with van der Waals surface area (Å²) >= 11 is 2.24. The van der Waals surface area contributed by atoms with Gasteiger partial charge >= 0.3 is 0 Å². The van der Waals surface area contributed by atoms with Gasteiger partial charge in [-0.05, 0) is 65.4 Å². The fourth-order valence-electron chi connectivity index (χ4n) is 1.40. The Balaban J connectivity index is 2.01. The van der Waals surface area contributed by atoms with Gasteiger partial charge in [-0.1, -0.05) is 6.07 Å². The van der Waals surface area contributed by atoms with Crippen molar-refractivity contribution in [3.05, 3.63) is 57.6 Å². The molecular weight excluding hydrogens is 341 g/mol. The maximum Gasteiger partial charge on any atom is 0.248 e. The molecule has 0 saturated carbocycles. The summed E-state index contributed by atoms with van der Waals surface area (Å²) in [4.78, 5) is 11.7. The van der Waals surface area contributed by atoms with Crippen LogP contribution in [0.1, 0.15) is 11.3 Å². The number of hydrogen-bond donors (Lipinski definition) is 1. The van der Waals surface area contributed by atoms with Crippen LogP contribution in [0.15, 0.2) is 47.1 Å². The second-order valence-electron chi connectivity index (χ2n) is 3.80. The highest BCUT2D eigenvalue weighted by Gasteiger charge is 2.00. The molecule has 4 heteroatoms. The first-order valence-electron chi connectivity index (χ1n) is 5.44. The van der Waals surface area contributed by atoms with Crippen molar-refractivity contribution >= 4 is 40.3 Å². The topological polar surface area (TPSA) is 42.2 Å². The summed E-state index contributed by atoms with van der Waals surface area (Å²) in [6.07, 6.45) is 4.65. The normalized spacial score (nSPS) is 10.8. The lowest BCUT2D eigenvalue weighted by atomic mass is 10.2. The van der Waals surface area contributed by atoms with E-state index in [9.17, 15) is 4.79 Å². The van der Waals surface area contributed by atoms with Gasteiger partial charge in [0.2, 0.25) is 5.91 Å². The number of hydrogen-bond acceptors (Lipinski definition) is 2. The highest BCUT2D eigenvalue weighted by molar-refractivity contribution is 14.1. The number of aryl methyl sites for hydroxylation is 1. The van der Waals surface area contributed by atoms with Crippen molar-refractivity contribution in [3.8, 4) is 0 Å². The van der Waals surface area contributed by atoms with Crippen molar-refractivity contribution < 1.29 is 9.21 Å². The highest BCUT2D eigenvalue weighted by Crippen LogP contribution is 2.17. The molecule has 0 aliphatic carbocycles. The van der Waals surface area contributed by atoms with Crippen LogP contribution in [-0.2, 0) is 4.79 Å². The number of furan rings is 1. The number of nitrogens with one attached hydrogen (secondary N) is 1. The Labute approximate surface area is 119 Å². The van der Waals surface area contributed by atoms with Crippen LogP contribution in [0.4, 0.5) is 5.69 Å². The largest absolute Gasteiger partial charge is 0.465 e. The zero-order valence-electron chi connectivity index (χ0n) is 9.81. The summed E-state index contributed by atoms with van der Waals surface area (Å²) in [5.41, 5.74) is 1.99. The number of amides is 1. The Morgan fingerprint density at radius 3 is 2.89 bits per heavy atom. The molecule has 0 fully saturated rings. The molecule has 1 aromatic carbocycles. The smallest absolute Gasteiger partial charge is 0.248 e. The van der Waals surface area contributed by atoms with Crippen molar-refractivity contribution in [1.29, 1.82) is 0 Å². The van der Waals surface area contributed by atoms with Crippen LogP contribution in [0, 0.1) is 10.5 Å². The first-order chi connectivity index (χ1) is 8.65. The Kier molecular flexibility index (Phi) is 4.19. The van der Waals surface area contributed by atoms with Crippen LogP contribution < -0.4 is 5.32 Å². The summed E-state index contributed by atoms with van der Waals surface area (Å²) in [7, 11) is 0. The lowest BCUT2D eigenvalue weighted by Crippen LogP contribution is -2.07. The van der Waals surface area contributed by atoms with Gasteiger partial charge in [0, 0.05) is 15.3 Å². The van der Waals surface area contributed by atoms with Gasteiger partial charge in [0.1, 0.15) is 5.76 Å². The molecule has 2 aromatic rings. The van der Waals surface area contributed by atoms with Crippen LogP contribution >= 0.6 is 22.6 Å². The third-order valence-electron chi connectivity index (χ3n) is 2.38. The van der Waals surface area contributed by atoms with Gasteiger partial charge in [0.15, 0.2) is 0 Å². The standard InChI is InChI=1S/C14H12INO2/c1-10-4-5-11(9-13(10)15)16-14(17)7-6-12-3-2-8-18-12/h2-9H,1H3,(H,16,17)/b7-6+. The van der Waals surface area contributed by atoms with Crippen LogP contribution in [0.5, 0.6) is 0 Å². The predicted octanol–water partition coefficient (Wildman–Crippen LogP) is 3.84. The number of rotatable bonds is 3. The Morgan fingerprint density at radius 2 is 2.22 bits per heavy atom. The SMILES string of the molecule is Cc1ccc(NC(=O)/C=C/c2ccco2)cc1I. The summed E-state index contributed by atoms with van der Waals surface area (Å²) in [6, 6.07) is 9.37. The van der Waals surface area contributed by atoms with E-state index in [1.54, 1.807) is 24.5 Å². The van der Waals surface area contributed by atoms with E-state index in [1.807, 2.05) is 25.1 Å². The summed E-state index contributed by atoms with van der Waals surface area (Å²) in [6.45, 7) is 2.03. The molecule has 0 bridgehead atoms. The Hall–Kier alpha value is -1.56. The van der Waals surface area contributed by atoms with Gasteiger partial charge in [-0.3, -0.25) is 4.79 Å². The number of carbonyl (C=O) groups excluding carboxylic acids is 1. The number of carbonyl (C=O) groups is 1. The minimum atomic E-state index is -0.175. The summed E-state index contributed by atoms with van der Waals surface area (Å²) < 4.78 is 6.23. The van der Waals surface area contributed by atoms with E-state index >= 15 is 0 Å². The second kappa shape index (κ2) is 5.86. The molecule has 1 N–H and O–H groups in total. The van der Waals surface area contributed by atoms with Gasteiger partial charge in [-0.25, -0.2) is 0 Å². The van der Waals surface area contributed by atoms with Gasteiger partial charge < -0.3 is 9.73 Å². The van der Waals surface area contributed by atoms with E-state index in [0.717, 1.165) is 9.26 Å². The first kappa shape index (κ1) is 12.9. The molecule has 0 unspecified atom stereocenters. The highest BCUT2D eigenvalue weighted by atomic mass is 127. The Morgan fingerprint density at radius 1 is 1.39 bits per heavy atom. The molecule has 92 valence electrons. The van der Waals surface area contributed by atoms with E-state index in [-0.39, 0.29) is 5.91 Å².